The molecule has 2 amide bonds. The second kappa shape index (κ2) is 13.7. The Morgan fingerprint density at radius 1 is 1.18 bits per heavy atom. The lowest BCUT2D eigenvalue weighted by Gasteiger charge is -2.25. The van der Waals surface area contributed by atoms with Crippen molar-refractivity contribution in [1.82, 2.24) is 20.2 Å². The lowest BCUT2D eigenvalue weighted by Crippen LogP contribution is -2.35. The van der Waals surface area contributed by atoms with Gasteiger partial charge in [0.1, 0.15) is 24.5 Å². The Hall–Kier alpha value is -3.28. The number of carbonyl (C=O) groups excluding carboxylic acids is 2. The van der Waals surface area contributed by atoms with E-state index in [4.69, 9.17) is 16.3 Å². The summed E-state index contributed by atoms with van der Waals surface area (Å²) >= 11 is 9.22. The molecule has 3 aromatic rings. The van der Waals surface area contributed by atoms with Crippen molar-refractivity contribution in [2.45, 2.75) is 25.7 Å². The first-order chi connectivity index (χ1) is 18.9. The van der Waals surface area contributed by atoms with Crippen molar-refractivity contribution in [2.24, 2.45) is 0 Å². The van der Waals surface area contributed by atoms with Crippen LogP contribution in [-0.4, -0.2) is 59.5 Å². The minimum atomic E-state index is -0.643. The lowest BCUT2D eigenvalue weighted by molar-refractivity contribution is -0.121. The van der Waals surface area contributed by atoms with Gasteiger partial charge in [0.25, 0.3) is 0 Å². The first-order valence-corrected chi connectivity index (χ1v) is 13.8. The highest BCUT2D eigenvalue weighted by molar-refractivity contribution is 9.10. The summed E-state index contributed by atoms with van der Waals surface area (Å²) in [5, 5.41) is 8.98. The second-order valence-electron chi connectivity index (χ2n) is 8.98. The predicted octanol–water partition coefficient (Wildman–Crippen LogP) is 5.42. The molecular formula is C27H29BrClFN6O3. The van der Waals surface area contributed by atoms with Crippen molar-refractivity contribution in [2.75, 3.05) is 43.4 Å². The summed E-state index contributed by atoms with van der Waals surface area (Å²) in [7, 11) is 0. The number of hydrogen-bond donors (Lipinski definition) is 3. The zero-order valence-corrected chi connectivity index (χ0v) is 23.6. The fraction of sp³-hybridized carbons (Fsp3) is 0.333. The van der Waals surface area contributed by atoms with Crippen LogP contribution in [0.1, 0.15) is 25.7 Å². The number of carbonyl (C=O) groups is 2. The van der Waals surface area contributed by atoms with Gasteiger partial charge in [0, 0.05) is 28.9 Å². The third-order valence-corrected chi connectivity index (χ3v) is 7.51. The molecule has 2 heterocycles. The number of piperidine rings is 1. The molecule has 206 valence electrons. The highest BCUT2D eigenvalue weighted by Gasteiger charge is 2.16. The monoisotopic (exact) mass is 618 g/mol. The third kappa shape index (κ3) is 7.65. The minimum absolute atomic E-state index is 0.0356. The molecule has 12 heteroatoms. The van der Waals surface area contributed by atoms with Crippen molar-refractivity contribution in [3.8, 4) is 5.75 Å². The van der Waals surface area contributed by atoms with Gasteiger partial charge in [0.05, 0.1) is 28.5 Å². The van der Waals surface area contributed by atoms with Gasteiger partial charge in [-0.1, -0.05) is 24.6 Å². The summed E-state index contributed by atoms with van der Waals surface area (Å²) < 4.78 is 21.0. The Morgan fingerprint density at radius 3 is 2.74 bits per heavy atom. The van der Waals surface area contributed by atoms with Gasteiger partial charge in [-0.25, -0.2) is 14.4 Å². The number of anilines is 3. The van der Waals surface area contributed by atoms with Gasteiger partial charge < -0.3 is 25.6 Å². The number of nitrogens with one attached hydrogen (secondary N) is 3. The molecule has 4 rings (SSSR count). The Morgan fingerprint density at radius 2 is 1.97 bits per heavy atom. The Labute approximate surface area is 239 Å². The van der Waals surface area contributed by atoms with Crippen LogP contribution >= 0.6 is 27.5 Å². The quantitative estimate of drug-likeness (QED) is 0.149. The molecule has 1 aliphatic rings. The number of nitrogens with zero attached hydrogens (tertiary/aromatic N) is 3. The number of halogens is 3. The van der Waals surface area contributed by atoms with E-state index in [-0.39, 0.29) is 23.2 Å². The van der Waals surface area contributed by atoms with Crippen molar-refractivity contribution in [3.05, 3.63) is 58.6 Å². The Bertz CT molecular complexity index is 1370. The molecule has 9 nitrogen and oxygen atoms in total. The zero-order valence-electron chi connectivity index (χ0n) is 21.2. The minimum Gasteiger partial charge on any atom is -0.489 e. The second-order valence-corrected chi connectivity index (χ2v) is 10.2. The maximum Gasteiger partial charge on any atom is 0.247 e. The van der Waals surface area contributed by atoms with Crippen LogP contribution in [0.15, 0.2) is 47.7 Å². The molecule has 0 spiro atoms. The van der Waals surface area contributed by atoms with E-state index in [0.29, 0.717) is 45.6 Å². The number of fused-ring (bicyclic) bond motifs is 1. The van der Waals surface area contributed by atoms with Gasteiger partial charge in [-0.3, -0.25) is 9.59 Å². The van der Waals surface area contributed by atoms with Gasteiger partial charge in [-0.05, 0) is 66.1 Å². The van der Waals surface area contributed by atoms with Crippen molar-refractivity contribution in [1.29, 1.82) is 0 Å². The van der Waals surface area contributed by atoms with Crippen LogP contribution in [0.5, 0.6) is 5.75 Å². The molecule has 3 N–H and O–H groups in total. The SMILES string of the molecule is C=CC(=O)Nc1cc2c(Nc3ccc(Br)c(Cl)c3F)ncnc2cc1OCCNC(=O)CCN1CCCCC1. The number of ether oxygens (including phenoxy) is 1. The normalized spacial score (nSPS) is 13.6. The maximum atomic E-state index is 14.7. The zero-order chi connectivity index (χ0) is 27.8. The van der Waals surface area contributed by atoms with Crippen LogP contribution in [-0.2, 0) is 9.59 Å². The lowest BCUT2D eigenvalue weighted by atomic mass is 10.1. The number of likely N-dealkylation sites (tertiary alicyclic amines) is 1. The van der Waals surface area contributed by atoms with E-state index in [1.54, 1.807) is 18.2 Å². The molecule has 0 unspecified atom stereocenters. The first kappa shape index (κ1) is 28.7. The molecule has 1 aromatic heterocycles. The average molecular weight is 620 g/mol. The predicted molar refractivity (Wildman–Crippen MR) is 154 cm³/mol. The first-order valence-electron chi connectivity index (χ1n) is 12.6. The summed E-state index contributed by atoms with van der Waals surface area (Å²) in [4.78, 5) is 35.2. The van der Waals surface area contributed by atoms with E-state index in [0.717, 1.165) is 25.7 Å². The number of aromatic nitrogens is 2. The maximum absolute atomic E-state index is 14.7. The van der Waals surface area contributed by atoms with Crippen molar-refractivity contribution in [3.63, 3.8) is 0 Å². The van der Waals surface area contributed by atoms with Crippen molar-refractivity contribution < 1.29 is 18.7 Å². The molecule has 0 atom stereocenters. The van der Waals surface area contributed by atoms with Crippen molar-refractivity contribution >= 4 is 67.4 Å². The highest BCUT2D eigenvalue weighted by Crippen LogP contribution is 2.35. The summed E-state index contributed by atoms with van der Waals surface area (Å²) in [6, 6.07) is 6.41. The molecule has 0 aliphatic carbocycles. The fourth-order valence-electron chi connectivity index (χ4n) is 4.22. The van der Waals surface area contributed by atoms with Gasteiger partial charge in [0.15, 0.2) is 5.82 Å². The van der Waals surface area contributed by atoms with Gasteiger partial charge in [-0.15, -0.1) is 0 Å². The van der Waals surface area contributed by atoms with Crippen LogP contribution in [0.3, 0.4) is 0 Å². The summed E-state index contributed by atoms with van der Waals surface area (Å²) in [6.07, 6.45) is 6.53. The van der Waals surface area contributed by atoms with E-state index in [9.17, 15) is 14.0 Å². The smallest absolute Gasteiger partial charge is 0.247 e. The molecule has 2 aromatic carbocycles. The van der Waals surface area contributed by atoms with E-state index >= 15 is 0 Å². The molecule has 0 radical (unpaired) electrons. The summed E-state index contributed by atoms with van der Waals surface area (Å²) in [5.41, 5.74) is 0.959. The topological polar surface area (TPSA) is 108 Å². The molecule has 1 aliphatic heterocycles. The van der Waals surface area contributed by atoms with Gasteiger partial charge >= 0.3 is 0 Å². The molecule has 1 fully saturated rings. The number of benzene rings is 2. The van der Waals surface area contributed by atoms with Crippen LogP contribution in [0.2, 0.25) is 5.02 Å². The Kier molecular flexibility index (Phi) is 10.1. The third-order valence-electron chi connectivity index (χ3n) is 6.25. The van der Waals surface area contributed by atoms with Crippen LogP contribution in [0, 0.1) is 5.82 Å². The molecule has 0 saturated carbocycles. The van der Waals surface area contributed by atoms with Crippen LogP contribution in [0.25, 0.3) is 10.9 Å². The highest BCUT2D eigenvalue weighted by atomic mass is 79.9. The number of hydrogen-bond acceptors (Lipinski definition) is 7. The van der Waals surface area contributed by atoms with Crippen LogP contribution in [0.4, 0.5) is 21.6 Å². The largest absolute Gasteiger partial charge is 0.489 e. The van der Waals surface area contributed by atoms with E-state index in [2.05, 4.69) is 53.3 Å². The van der Waals surface area contributed by atoms with Gasteiger partial charge in [0.2, 0.25) is 11.8 Å². The van der Waals surface area contributed by atoms with E-state index in [1.807, 2.05) is 0 Å². The molecular weight excluding hydrogens is 591 g/mol. The van der Waals surface area contributed by atoms with Gasteiger partial charge in [-0.2, -0.15) is 0 Å². The van der Waals surface area contributed by atoms with E-state index in [1.165, 1.54) is 31.7 Å². The summed E-state index contributed by atoms with van der Waals surface area (Å²) in [5.74, 6) is -0.466. The summed E-state index contributed by atoms with van der Waals surface area (Å²) in [6.45, 7) is 6.81. The average Bonchev–Trinajstić information content (AvgIpc) is 2.95. The van der Waals surface area contributed by atoms with E-state index < -0.39 is 11.7 Å². The Balaban J connectivity index is 1.46. The fourth-order valence-corrected chi connectivity index (χ4v) is 4.69. The molecule has 1 saturated heterocycles. The number of amides is 2. The van der Waals surface area contributed by atoms with Crippen LogP contribution < -0.4 is 20.7 Å². The standard InChI is InChI=1S/C27H29BrClFN6O3/c1-2-23(37)34-21-14-17-20(32-16-33-27(17)35-19-7-6-18(28)25(29)26(19)30)15-22(21)39-13-9-31-24(38)8-12-36-10-4-3-5-11-36/h2,6-7,14-16H,1,3-5,8-13H2,(H,31,38)(H,34,37)(H,32,33,35). The number of rotatable bonds is 11. The molecule has 0 bridgehead atoms. The molecule has 39 heavy (non-hydrogen) atoms.